The summed E-state index contributed by atoms with van der Waals surface area (Å²) in [5.74, 6) is -0.347. The predicted octanol–water partition coefficient (Wildman–Crippen LogP) is 3.89. The van der Waals surface area contributed by atoms with Gasteiger partial charge < -0.3 is 10.6 Å². The fourth-order valence-electron chi connectivity index (χ4n) is 3.80. The fraction of sp³-hybridized carbons (Fsp3) is 0.238. The number of nitrogens with two attached hydrogens (primary N) is 1. The van der Waals surface area contributed by atoms with Gasteiger partial charge >= 0.3 is 0 Å². The van der Waals surface area contributed by atoms with Gasteiger partial charge in [0.05, 0.1) is 5.52 Å². The SMILES string of the molecule is NC(=O)[C@@H](c1ccc(Cl)cc1)N1CCN(c2ccnc3cc(Cl)ccc23)CC1. The number of benzene rings is 2. The quantitative estimate of drug-likeness (QED) is 0.703. The smallest absolute Gasteiger partial charge is 0.239 e. The molecule has 1 atom stereocenters. The van der Waals surface area contributed by atoms with Gasteiger partial charge in [0.1, 0.15) is 6.04 Å². The highest BCUT2D eigenvalue weighted by molar-refractivity contribution is 6.31. The normalized spacial score (nSPS) is 16.3. The van der Waals surface area contributed by atoms with Gasteiger partial charge in [-0.1, -0.05) is 35.3 Å². The lowest BCUT2D eigenvalue weighted by Gasteiger charge is -2.39. The number of hydrogen-bond donors (Lipinski definition) is 1. The zero-order chi connectivity index (χ0) is 19.7. The van der Waals surface area contributed by atoms with Gasteiger partial charge in [0.25, 0.3) is 0 Å². The molecule has 0 aliphatic carbocycles. The summed E-state index contributed by atoms with van der Waals surface area (Å²) in [5.41, 5.74) is 8.60. The van der Waals surface area contributed by atoms with Crippen LogP contribution in [0.5, 0.6) is 0 Å². The molecule has 0 saturated carbocycles. The van der Waals surface area contributed by atoms with Crippen molar-refractivity contribution in [3.8, 4) is 0 Å². The molecule has 2 heterocycles. The Morgan fingerprint density at radius 1 is 0.964 bits per heavy atom. The van der Waals surface area contributed by atoms with Crippen LogP contribution in [-0.2, 0) is 4.79 Å². The summed E-state index contributed by atoms with van der Waals surface area (Å²) in [6.45, 7) is 3.04. The molecule has 144 valence electrons. The topological polar surface area (TPSA) is 62.5 Å². The third-order valence-corrected chi connectivity index (χ3v) is 5.64. The van der Waals surface area contributed by atoms with Crippen LogP contribution in [0.25, 0.3) is 10.9 Å². The molecular formula is C21H20Cl2N4O. The van der Waals surface area contributed by atoms with E-state index in [9.17, 15) is 4.79 Å². The highest BCUT2D eigenvalue weighted by atomic mass is 35.5. The van der Waals surface area contributed by atoms with E-state index in [1.54, 1.807) is 18.3 Å². The molecule has 0 spiro atoms. The van der Waals surface area contributed by atoms with Crippen LogP contribution in [0.1, 0.15) is 11.6 Å². The van der Waals surface area contributed by atoms with Crippen LogP contribution in [0.4, 0.5) is 5.69 Å². The lowest BCUT2D eigenvalue weighted by Crippen LogP contribution is -2.50. The van der Waals surface area contributed by atoms with Crippen molar-refractivity contribution in [1.29, 1.82) is 0 Å². The third-order valence-electron chi connectivity index (χ3n) is 5.16. The summed E-state index contributed by atoms with van der Waals surface area (Å²) < 4.78 is 0. The first kappa shape index (κ1) is 19.0. The molecule has 28 heavy (non-hydrogen) atoms. The van der Waals surface area contributed by atoms with Crippen LogP contribution in [0, 0.1) is 0 Å². The van der Waals surface area contributed by atoms with Crippen molar-refractivity contribution in [3.05, 3.63) is 70.3 Å². The number of hydrogen-bond acceptors (Lipinski definition) is 4. The van der Waals surface area contributed by atoms with Gasteiger partial charge in [-0.3, -0.25) is 14.7 Å². The largest absolute Gasteiger partial charge is 0.368 e. The lowest BCUT2D eigenvalue weighted by atomic mass is 10.0. The Kier molecular flexibility index (Phi) is 5.40. The number of pyridine rings is 1. The van der Waals surface area contributed by atoms with Crippen LogP contribution < -0.4 is 10.6 Å². The number of primary amides is 1. The maximum atomic E-state index is 12.2. The zero-order valence-electron chi connectivity index (χ0n) is 15.2. The van der Waals surface area contributed by atoms with E-state index in [1.807, 2.05) is 36.4 Å². The highest BCUT2D eigenvalue weighted by Crippen LogP contribution is 2.30. The van der Waals surface area contributed by atoms with Crippen LogP contribution in [-0.4, -0.2) is 42.0 Å². The van der Waals surface area contributed by atoms with Gasteiger partial charge in [-0.2, -0.15) is 0 Å². The Morgan fingerprint density at radius 3 is 2.32 bits per heavy atom. The molecule has 4 rings (SSSR count). The van der Waals surface area contributed by atoms with E-state index in [0.717, 1.165) is 48.3 Å². The van der Waals surface area contributed by atoms with E-state index in [-0.39, 0.29) is 5.91 Å². The average Bonchev–Trinajstić information content (AvgIpc) is 2.69. The summed E-state index contributed by atoms with van der Waals surface area (Å²) in [7, 11) is 0. The van der Waals surface area contributed by atoms with E-state index < -0.39 is 6.04 Å². The van der Waals surface area contributed by atoms with Crippen molar-refractivity contribution in [2.45, 2.75) is 6.04 Å². The van der Waals surface area contributed by atoms with Gasteiger partial charge in [-0.05, 0) is 42.0 Å². The summed E-state index contributed by atoms with van der Waals surface area (Å²) in [6.07, 6.45) is 1.81. The van der Waals surface area contributed by atoms with Crippen LogP contribution in [0.3, 0.4) is 0 Å². The number of anilines is 1. The van der Waals surface area contributed by atoms with Gasteiger partial charge in [-0.15, -0.1) is 0 Å². The number of nitrogens with zero attached hydrogens (tertiary/aromatic N) is 3. The van der Waals surface area contributed by atoms with E-state index in [2.05, 4.69) is 14.8 Å². The molecule has 1 aliphatic rings. The number of rotatable bonds is 4. The van der Waals surface area contributed by atoms with Crippen molar-refractivity contribution in [3.63, 3.8) is 0 Å². The second-order valence-electron chi connectivity index (χ2n) is 6.87. The molecule has 1 fully saturated rings. The fourth-order valence-corrected chi connectivity index (χ4v) is 4.10. The number of carbonyl (C=O) groups is 1. The molecule has 1 aliphatic heterocycles. The minimum absolute atomic E-state index is 0.347. The molecule has 1 amide bonds. The first-order chi connectivity index (χ1) is 13.5. The summed E-state index contributed by atoms with van der Waals surface area (Å²) in [4.78, 5) is 21.0. The molecule has 0 bridgehead atoms. The number of aromatic nitrogens is 1. The Bertz CT molecular complexity index is 1000. The zero-order valence-corrected chi connectivity index (χ0v) is 16.7. The van der Waals surface area contributed by atoms with Crippen molar-refractivity contribution < 1.29 is 4.79 Å². The molecule has 5 nitrogen and oxygen atoms in total. The Balaban J connectivity index is 1.54. The standard InChI is InChI=1S/C21H20Cl2N4O/c22-15-3-1-14(2-4-15)20(21(24)28)27-11-9-26(10-12-27)19-7-8-25-18-13-16(23)5-6-17(18)19/h1-8,13,20H,9-12H2,(H2,24,28)/t20-/m1/s1. The van der Waals surface area contributed by atoms with Crippen molar-refractivity contribution in [1.82, 2.24) is 9.88 Å². The number of fused-ring (bicyclic) bond motifs is 1. The van der Waals surface area contributed by atoms with E-state index in [4.69, 9.17) is 28.9 Å². The number of carbonyl (C=O) groups excluding carboxylic acids is 1. The average molecular weight is 415 g/mol. The first-order valence-electron chi connectivity index (χ1n) is 9.11. The van der Waals surface area contributed by atoms with Crippen molar-refractivity contribution in [2.75, 3.05) is 31.1 Å². The van der Waals surface area contributed by atoms with Crippen LogP contribution in [0.15, 0.2) is 54.7 Å². The van der Waals surface area contributed by atoms with Crippen LogP contribution >= 0.6 is 23.2 Å². The van der Waals surface area contributed by atoms with Crippen LogP contribution in [0.2, 0.25) is 10.0 Å². The molecule has 7 heteroatoms. The minimum Gasteiger partial charge on any atom is -0.368 e. The van der Waals surface area contributed by atoms with E-state index in [1.165, 1.54) is 0 Å². The summed E-state index contributed by atoms with van der Waals surface area (Å²) >= 11 is 12.1. The lowest BCUT2D eigenvalue weighted by molar-refractivity contribution is -0.123. The second-order valence-corrected chi connectivity index (χ2v) is 7.74. The van der Waals surface area contributed by atoms with Gasteiger partial charge in [0, 0.05) is 53.5 Å². The third kappa shape index (κ3) is 3.78. The van der Waals surface area contributed by atoms with E-state index in [0.29, 0.717) is 10.0 Å². The summed E-state index contributed by atoms with van der Waals surface area (Å²) in [6, 6.07) is 14.6. The van der Waals surface area contributed by atoms with Crippen molar-refractivity contribution in [2.24, 2.45) is 5.73 Å². The van der Waals surface area contributed by atoms with Gasteiger partial charge in [0.2, 0.25) is 5.91 Å². The van der Waals surface area contributed by atoms with Gasteiger partial charge in [-0.25, -0.2) is 0 Å². The molecule has 1 aromatic heterocycles. The molecule has 0 radical (unpaired) electrons. The number of piperazine rings is 1. The molecule has 3 aromatic rings. The minimum atomic E-state index is -0.451. The molecular weight excluding hydrogens is 395 g/mol. The van der Waals surface area contributed by atoms with Crippen molar-refractivity contribution >= 4 is 45.7 Å². The second kappa shape index (κ2) is 7.95. The Labute approximate surface area is 173 Å². The maximum Gasteiger partial charge on any atom is 0.239 e. The monoisotopic (exact) mass is 414 g/mol. The number of halogens is 2. The highest BCUT2D eigenvalue weighted by Gasteiger charge is 2.29. The van der Waals surface area contributed by atoms with Gasteiger partial charge in [0.15, 0.2) is 0 Å². The Morgan fingerprint density at radius 2 is 1.64 bits per heavy atom. The number of amides is 1. The molecule has 0 unspecified atom stereocenters. The molecule has 2 aromatic carbocycles. The maximum absolute atomic E-state index is 12.2. The summed E-state index contributed by atoms with van der Waals surface area (Å²) in [5, 5.41) is 2.39. The molecule has 2 N–H and O–H groups in total. The van der Waals surface area contributed by atoms with E-state index >= 15 is 0 Å². The molecule has 1 saturated heterocycles. The Hall–Kier alpha value is -2.34. The predicted molar refractivity (Wildman–Crippen MR) is 114 cm³/mol. The first-order valence-corrected chi connectivity index (χ1v) is 9.86.